The average Bonchev–Trinajstić information content (AvgIpc) is 2.26. The number of carbonyl (C=O) groups excluding carboxylic acids is 1. The van der Waals surface area contributed by atoms with E-state index in [0.717, 1.165) is 25.7 Å². The molecule has 100 valence electrons. The molecular weight excluding hydrogens is 222 g/mol. The number of rotatable bonds is 9. The van der Waals surface area contributed by atoms with Crippen LogP contribution >= 0.6 is 0 Å². The highest BCUT2D eigenvalue weighted by molar-refractivity contribution is 5.78. The third-order valence-corrected chi connectivity index (χ3v) is 2.46. The molecule has 1 amide bonds. The molecule has 0 aromatic rings. The molecule has 0 aromatic carbocycles. The highest BCUT2D eigenvalue weighted by Crippen LogP contribution is 2.02. The van der Waals surface area contributed by atoms with E-state index in [4.69, 9.17) is 9.84 Å². The zero-order valence-corrected chi connectivity index (χ0v) is 10.9. The second-order valence-corrected chi connectivity index (χ2v) is 4.26. The Bertz CT molecular complexity index is 243. The van der Waals surface area contributed by atoms with Gasteiger partial charge in [0.2, 0.25) is 5.91 Å². The van der Waals surface area contributed by atoms with Crippen LogP contribution in [0, 0.1) is 0 Å². The van der Waals surface area contributed by atoms with Crippen LogP contribution in [0.3, 0.4) is 0 Å². The molecule has 0 aliphatic heterocycles. The van der Waals surface area contributed by atoms with Crippen molar-refractivity contribution in [2.24, 2.45) is 0 Å². The summed E-state index contributed by atoms with van der Waals surface area (Å²) in [4.78, 5) is 21.8. The van der Waals surface area contributed by atoms with Gasteiger partial charge in [0, 0.05) is 6.04 Å². The number of hydrogen-bond acceptors (Lipinski definition) is 3. The molecule has 0 rings (SSSR count). The number of carbonyl (C=O) groups is 2. The predicted molar refractivity (Wildman–Crippen MR) is 64.8 cm³/mol. The summed E-state index contributed by atoms with van der Waals surface area (Å²) in [7, 11) is 0. The number of aliphatic carboxylic acids is 1. The molecular formula is C12H23NO4. The van der Waals surface area contributed by atoms with E-state index in [2.05, 4.69) is 12.2 Å². The highest BCUT2D eigenvalue weighted by Gasteiger charge is 2.14. The number of unbranched alkanes of at least 4 members (excludes halogenated alkanes) is 2. The Morgan fingerprint density at radius 3 is 2.47 bits per heavy atom. The second kappa shape index (κ2) is 8.98. The van der Waals surface area contributed by atoms with Crippen LogP contribution in [-0.2, 0) is 14.3 Å². The lowest BCUT2D eigenvalue weighted by atomic mass is 10.1. The minimum Gasteiger partial charge on any atom is -0.479 e. The predicted octanol–water partition coefficient (Wildman–Crippen LogP) is 1.56. The van der Waals surface area contributed by atoms with Gasteiger partial charge in [-0.25, -0.2) is 4.79 Å². The molecule has 0 aliphatic carbocycles. The first kappa shape index (κ1) is 15.9. The fraction of sp³-hybridized carbons (Fsp3) is 0.833. The van der Waals surface area contributed by atoms with Crippen LogP contribution in [-0.4, -0.2) is 35.7 Å². The van der Waals surface area contributed by atoms with Gasteiger partial charge in [-0.2, -0.15) is 0 Å². The van der Waals surface area contributed by atoms with Crippen LogP contribution in [0.5, 0.6) is 0 Å². The SMILES string of the molecule is CCCCCC(C)NC(=O)CO[C@H](C)C(=O)O. The van der Waals surface area contributed by atoms with E-state index in [0.29, 0.717) is 0 Å². The summed E-state index contributed by atoms with van der Waals surface area (Å²) in [5, 5.41) is 11.3. The molecule has 0 fully saturated rings. The van der Waals surface area contributed by atoms with Crippen LogP contribution in [0.2, 0.25) is 0 Å². The topological polar surface area (TPSA) is 75.6 Å². The van der Waals surface area contributed by atoms with Crippen LogP contribution in [0.4, 0.5) is 0 Å². The van der Waals surface area contributed by atoms with Gasteiger partial charge in [0.1, 0.15) is 6.61 Å². The molecule has 17 heavy (non-hydrogen) atoms. The molecule has 2 N–H and O–H groups in total. The molecule has 2 atom stereocenters. The van der Waals surface area contributed by atoms with Crippen molar-refractivity contribution in [1.82, 2.24) is 5.32 Å². The summed E-state index contributed by atoms with van der Waals surface area (Å²) in [5.74, 6) is -1.32. The van der Waals surface area contributed by atoms with Crippen molar-refractivity contribution in [3.05, 3.63) is 0 Å². The van der Waals surface area contributed by atoms with Crippen molar-refractivity contribution in [2.45, 2.75) is 58.6 Å². The molecule has 0 aliphatic rings. The zero-order valence-electron chi connectivity index (χ0n) is 10.9. The molecule has 5 nitrogen and oxygen atoms in total. The fourth-order valence-corrected chi connectivity index (χ4v) is 1.36. The van der Waals surface area contributed by atoms with E-state index in [-0.39, 0.29) is 18.6 Å². The van der Waals surface area contributed by atoms with Crippen LogP contribution in [0.15, 0.2) is 0 Å². The Kier molecular flexibility index (Phi) is 8.40. The van der Waals surface area contributed by atoms with E-state index in [1.807, 2.05) is 6.92 Å². The quantitative estimate of drug-likeness (QED) is 0.604. The molecule has 0 aromatic heterocycles. The Hall–Kier alpha value is -1.10. The van der Waals surface area contributed by atoms with Crippen molar-refractivity contribution in [1.29, 1.82) is 0 Å². The summed E-state index contributed by atoms with van der Waals surface area (Å²) in [6.45, 7) is 5.27. The van der Waals surface area contributed by atoms with Crippen LogP contribution < -0.4 is 5.32 Å². The maximum atomic E-state index is 11.4. The van der Waals surface area contributed by atoms with Gasteiger partial charge in [-0.15, -0.1) is 0 Å². The molecule has 0 spiro atoms. The van der Waals surface area contributed by atoms with Crippen molar-refractivity contribution < 1.29 is 19.4 Å². The summed E-state index contributed by atoms with van der Waals surface area (Å²) in [5.41, 5.74) is 0. The summed E-state index contributed by atoms with van der Waals surface area (Å²) in [6.07, 6.45) is 3.39. The van der Waals surface area contributed by atoms with Gasteiger partial charge in [-0.3, -0.25) is 4.79 Å². The minimum atomic E-state index is -1.06. The minimum absolute atomic E-state index is 0.109. The first-order chi connectivity index (χ1) is 7.97. The van der Waals surface area contributed by atoms with Gasteiger partial charge in [-0.05, 0) is 20.3 Å². The van der Waals surface area contributed by atoms with Crippen molar-refractivity contribution in [2.75, 3.05) is 6.61 Å². The van der Waals surface area contributed by atoms with E-state index < -0.39 is 12.1 Å². The molecule has 1 unspecified atom stereocenters. The Balaban J connectivity index is 3.67. The van der Waals surface area contributed by atoms with Gasteiger partial charge in [0.05, 0.1) is 0 Å². The lowest BCUT2D eigenvalue weighted by molar-refractivity contribution is -0.150. The lowest BCUT2D eigenvalue weighted by Crippen LogP contribution is -2.36. The van der Waals surface area contributed by atoms with Crippen molar-refractivity contribution in [3.8, 4) is 0 Å². The average molecular weight is 245 g/mol. The zero-order chi connectivity index (χ0) is 13.3. The summed E-state index contributed by atoms with van der Waals surface area (Å²) >= 11 is 0. The van der Waals surface area contributed by atoms with Gasteiger partial charge in [0.25, 0.3) is 0 Å². The monoisotopic (exact) mass is 245 g/mol. The standard InChI is InChI=1S/C12H23NO4/c1-4-5-6-7-9(2)13-11(14)8-17-10(3)12(15)16/h9-10H,4-8H2,1-3H3,(H,13,14)(H,15,16)/t9?,10-/m1/s1. The molecule has 0 saturated carbocycles. The number of nitrogens with one attached hydrogen (secondary N) is 1. The Labute approximate surface area is 103 Å². The Morgan fingerprint density at radius 2 is 1.94 bits per heavy atom. The smallest absolute Gasteiger partial charge is 0.332 e. The van der Waals surface area contributed by atoms with Gasteiger partial charge >= 0.3 is 5.97 Å². The van der Waals surface area contributed by atoms with Crippen molar-refractivity contribution >= 4 is 11.9 Å². The lowest BCUT2D eigenvalue weighted by Gasteiger charge is -2.14. The number of carboxylic acid groups (broad SMARTS) is 1. The van der Waals surface area contributed by atoms with E-state index in [9.17, 15) is 9.59 Å². The molecule has 0 saturated heterocycles. The number of carboxylic acids is 1. The maximum absolute atomic E-state index is 11.4. The normalized spacial score (nSPS) is 14.1. The second-order valence-electron chi connectivity index (χ2n) is 4.26. The first-order valence-corrected chi connectivity index (χ1v) is 6.11. The number of amides is 1. The Morgan fingerprint density at radius 1 is 1.29 bits per heavy atom. The third-order valence-electron chi connectivity index (χ3n) is 2.46. The van der Waals surface area contributed by atoms with Crippen LogP contribution in [0.1, 0.15) is 46.5 Å². The highest BCUT2D eigenvalue weighted by atomic mass is 16.5. The van der Waals surface area contributed by atoms with Crippen LogP contribution in [0.25, 0.3) is 0 Å². The van der Waals surface area contributed by atoms with E-state index >= 15 is 0 Å². The van der Waals surface area contributed by atoms with E-state index in [1.165, 1.54) is 6.92 Å². The molecule has 0 bridgehead atoms. The van der Waals surface area contributed by atoms with Gasteiger partial charge < -0.3 is 15.2 Å². The van der Waals surface area contributed by atoms with E-state index in [1.54, 1.807) is 0 Å². The molecule has 0 heterocycles. The molecule has 0 radical (unpaired) electrons. The summed E-state index contributed by atoms with van der Waals surface area (Å²) in [6, 6.07) is 0.109. The largest absolute Gasteiger partial charge is 0.479 e. The maximum Gasteiger partial charge on any atom is 0.332 e. The number of ether oxygens (including phenoxy) is 1. The molecule has 5 heteroatoms. The van der Waals surface area contributed by atoms with Crippen molar-refractivity contribution in [3.63, 3.8) is 0 Å². The first-order valence-electron chi connectivity index (χ1n) is 6.11. The summed E-state index contributed by atoms with van der Waals surface area (Å²) < 4.78 is 4.88. The number of hydrogen-bond donors (Lipinski definition) is 2. The van der Waals surface area contributed by atoms with Gasteiger partial charge in [0.15, 0.2) is 6.10 Å². The van der Waals surface area contributed by atoms with Gasteiger partial charge in [-0.1, -0.05) is 26.2 Å². The fourth-order valence-electron chi connectivity index (χ4n) is 1.36. The third kappa shape index (κ3) is 8.68.